The molecule has 2 aromatic carbocycles. The van der Waals surface area contributed by atoms with Crippen LogP contribution in [0.25, 0.3) is 0 Å². The zero-order valence-electron chi connectivity index (χ0n) is 19.4. The van der Waals surface area contributed by atoms with Gasteiger partial charge in [-0.1, -0.05) is 18.6 Å². The summed E-state index contributed by atoms with van der Waals surface area (Å²) in [7, 11) is -3.88. The number of nitrogens with zero attached hydrogens (tertiary/aromatic N) is 2. The summed E-state index contributed by atoms with van der Waals surface area (Å²) >= 11 is 0. The highest BCUT2D eigenvalue weighted by molar-refractivity contribution is 7.92. The Morgan fingerprint density at radius 2 is 1.67 bits per heavy atom. The maximum absolute atomic E-state index is 13.3. The number of carboxylic acids is 1. The normalized spacial score (nSPS) is 18.3. The Morgan fingerprint density at radius 1 is 0.970 bits per heavy atom. The summed E-state index contributed by atoms with van der Waals surface area (Å²) in [6, 6.07) is 10.6. The fourth-order valence-corrected chi connectivity index (χ4v) is 6.37. The Labute approximate surface area is 196 Å². The van der Waals surface area contributed by atoms with Gasteiger partial charge in [-0.05, 0) is 88.0 Å². The van der Waals surface area contributed by atoms with Gasteiger partial charge in [0.1, 0.15) is 0 Å². The summed E-state index contributed by atoms with van der Waals surface area (Å²) in [5.74, 6) is -1.09. The highest BCUT2D eigenvalue weighted by atomic mass is 32.2. The van der Waals surface area contributed by atoms with Crippen LogP contribution in [0.2, 0.25) is 0 Å². The van der Waals surface area contributed by atoms with E-state index in [-0.39, 0.29) is 10.5 Å². The molecule has 2 aromatic rings. The third-order valence-electron chi connectivity index (χ3n) is 6.83. The zero-order valence-corrected chi connectivity index (χ0v) is 20.2. The lowest BCUT2D eigenvalue weighted by molar-refractivity contribution is 0.0697. The first-order valence-electron chi connectivity index (χ1n) is 11.7. The minimum atomic E-state index is -3.88. The Hall–Kier alpha value is -2.58. The molecule has 33 heavy (non-hydrogen) atoms. The first-order chi connectivity index (χ1) is 15.7. The van der Waals surface area contributed by atoms with Crippen LogP contribution in [0.1, 0.15) is 53.6 Å². The molecule has 0 atom stereocenters. The van der Waals surface area contributed by atoms with Gasteiger partial charge in [-0.25, -0.2) is 13.2 Å². The number of piperidine rings is 2. The van der Waals surface area contributed by atoms with Crippen LogP contribution in [-0.2, 0) is 10.0 Å². The van der Waals surface area contributed by atoms with E-state index in [4.69, 9.17) is 0 Å². The molecule has 0 spiro atoms. The standard InChI is InChI=1S/C25H33N3O4S/c1-18-6-7-19(2)24(16-18)33(31,32)26-22-17-20(25(29)30)8-9-23(22)28-14-10-21(11-15-28)27-12-4-3-5-13-27/h6-9,16-17,21,26H,3-5,10-15H2,1-2H3,(H,29,30). The molecule has 2 N–H and O–H groups in total. The Morgan fingerprint density at radius 3 is 2.33 bits per heavy atom. The molecule has 2 heterocycles. The van der Waals surface area contributed by atoms with Crippen LogP contribution in [0.15, 0.2) is 41.3 Å². The van der Waals surface area contributed by atoms with Gasteiger partial charge >= 0.3 is 5.97 Å². The molecule has 0 aliphatic carbocycles. The SMILES string of the molecule is Cc1ccc(C)c(S(=O)(=O)Nc2cc(C(=O)O)ccc2N2CCC(N3CCCCC3)CC2)c1. The van der Waals surface area contributed by atoms with Crippen LogP contribution in [0.5, 0.6) is 0 Å². The molecule has 2 aliphatic rings. The molecule has 4 rings (SSSR count). The maximum atomic E-state index is 13.3. The van der Waals surface area contributed by atoms with Gasteiger partial charge in [0.05, 0.1) is 21.8 Å². The molecule has 0 bridgehead atoms. The van der Waals surface area contributed by atoms with E-state index >= 15 is 0 Å². The molecule has 0 amide bonds. The van der Waals surface area contributed by atoms with Crippen molar-refractivity contribution in [2.45, 2.75) is 56.9 Å². The predicted octanol–water partition coefficient (Wildman–Crippen LogP) is 4.26. The van der Waals surface area contributed by atoms with E-state index in [1.54, 1.807) is 31.2 Å². The van der Waals surface area contributed by atoms with Gasteiger partial charge in [0, 0.05) is 19.1 Å². The first kappa shape index (κ1) is 23.6. The number of likely N-dealkylation sites (tertiary alicyclic amines) is 1. The first-order valence-corrected chi connectivity index (χ1v) is 13.2. The second-order valence-corrected chi connectivity index (χ2v) is 10.9. The lowest BCUT2D eigenvalue weighted by Gasteiger charge is -2.41. The molecular weight excluding hydrogens is 438 g/mol. The summed E-state index contributed by atoms with van der Waals surface area (Å²) in [5.41, 5.74) is 2.59. The van der Waals surface area contributed by atoms with E-state index in [0.29, 0.717) is 17.3 Å². The van der Waals surface area contributed by atoms with Crippen LogP contribution < -0.4 is 9.62 Å². The number of nitrogens with one attached hydrogen (secondary N) is 1. The van der Waals surface area contributed by atoms with E-state index in [1.165, 1.54) is 38.4 Å². The van der Waals surface area contributed by atoms with Gasteiger partial charge < -0.3 is 14.9 Å². The topological polar surface area (TPSA) is 89.9 Å². The fraction of sp³-hybridized carbons (Fsp3) is 0.480. The fourth-order valence-electron chi connectivity index (χ4n) is 4.98. The van der Waals surface area contributed by atoms with Gasteiger partial charge in [-0.2, -0.15) is 0 Å². The van der Waals surface area contributed by atoms with Gasteiger partial charge in [0.25, 0.3) is 10.0 Å². The van der Waals surface area contributed by atoms with Gasteiger partial charge in [-0.15, -0.1) is 0 Å². The molecule has 0 radical (unpaired) electrons. The average Bonchev–Trinajstić information content (AvgIpc) is 2.81. The molecule has 2 fully saturated rings. The van der Waals surface area contributed by atoms with Crippen molar-refractivity contribution in [1.29, 1.82) is 0 Å². The minimum absolute atomic E-state index is 0.0561. The summed E-state index contributed by atoms with van der Waals surface area (Å²) in [5, 5.41) is 9.49. The number of anilines is 2. The Bertz CT molecular complexity index is 1120. The molecular formula is C25H33N3O4S. The zero-order chi connectivity index (χ0) is 23.6. The number of carboxylic acid groups (broad SMARTS) is 1. The van der Waals surface area contributed by atoms with Crippen molar-refractivity contribution >= 4 is 27.4 Å². The van der Waals surface area contributed by atoms with Gasteiger partial charge in [0.15, 0.2) is 0 Å². The van der Waals surface area contributed by atoms with Crippen molar-refractivity contribution in [3.8, 4) is 0 Å². The van der Waals surface area contributed by atoms with Crippen LogP contribution in [0.4, 0.5) is 11.4 Å². The predicted molar refractivity (Wildman–Crippen MR) is 131 cm³/mol. The molecule has 0 saturated carbocycles. The second-order valence-electron chi connectivity index (χ2n) is 9.23. The van der Waals surface area contributed by atoms with E-state index in [1.807, 2.05) is 13.0 Å². The summed E-state index contributed by atoms with van der Waals surface area (Å²) in [6.07, 6.45) is 5.88. The molecule has 2 aliphatic heterocycles. The third-order valence-corrected chi connectivity index (χ3v) is 8.34. The molecule has 8 heteroatoms. The Kier molecular flexibility index (Phi) is 6.95. The molecule has 0 aromatic heterocycles. The number of aromatic carboxylic acids is 1. The summed E-state index contributed by atoms with van der Waals surface area (Å²) < 4.78 is 29.2. The number of sulfonamides is 1. The number of benzene rings is 2. The highest BCUT2D eigenvalue weighted by Crippen LogP contribution is 2.33. The van der Waals surface area contributed by atoms with Crippen LogP contribution >= 0.6 is 0 Å². The van der Waals surface area contributed by atoms with Crippen LogP contribution in [-0.4, -0.2) is 56.6 Å². The molecule has 7 nitrogen and oxygen atoms in total. The van der Waals surface area contributed by atoms with E-state index in [2.05, 4.69) is 14.5 Å². The quantitative estimate of drug-likeness (QED) is 0.654. The summed E-state index contributed by atoms with van der Waals surface area (Å²) in [6.45, 7) is 7.56. The summed E-state index contributed by atoms with van der Waals surface area (Å²) in [4.78, 5) is 16.6. The minimum Gasteiger partial charge on any atom is -0.478 e. The van der Waals surface area contributed by atoms with Crippen molar-refractivity contribution in [2.24, 2.45) is 0 Å². The maximum Gasteiger partial charge on any atom is 0.335 e. The average molecular weight is 472 g/mol. The number of rotatable bonds is 6. The number of hydrogen-bond donors (Lipinski definition) is 2. The largest absolute Gasteiger partial charge is 0.478 e. The monoisotopic (exact) mass is 471 g/mol. The third kappa shape index (κ3) is 5.33. The lowest BCUT2D eigenvalue weighted by atomic mass is 9.99. The van der Waals surface area contributed by atoms with Crippen molar-refractivity contribution < 1.29 is 18.3 Å². The lowest BCUT2D eigenvalue weighted by Crippen LogP contribution is -2.46. The van der Waals surface area contributed by atoms with Crippen molar-refractivity contribution in [1.82, 2.24) is 4.90 Å². The smallest absolute Gasteiger partial charge is 0.335 e. The highest BCUT2D eigenvalue weighted by Gasteiger charge is 2.28. The number of aryl methyl sites for hydroxylation is 2. The van der Waals surface area contributed by atoms with E-state index in [0.717, 1.165) is 37.2 Å². The van der Waals surface area contributed by atoms with Crippen molar-refractivity contribution in [3.63, 3.8) is 0 Å². The van der Waals surface area contributed by atoms with Gasteiger partial charge in [-0.3, -0.25) is 4.72 Å². The van der Waals surface area contributed by atoms with Crippen LogP contribution in [0, 0.1) is 13.8 Å². The van der Waals surface area contributed by atoms with Gasteiger partial charge in [0.2, 0.25) is 0 Å². The van der Waals surface area contributed by atoms with E-state index in [9.17, 15) is 18.3 Å². The number of hydrogen-bond acceptors (Lipinski definition) is 5. The van der Waals surface area contributed by atoms with Crippen LogP contribution in [0.3, 0.4) is 0 Å². The second kappa shape index (κ2) is 9.73. The Balaban J connectivity index is 1.59. The van der Waals surface area contributed by atoms with E-state index < -0.39 is 16.0 Å². The molecule has 2 saturated heterocycles. The number of carbonyl (C=O) groups is 1. The molecule has 0 unspecified atom stereocenters. The van der Waals surface area contributed by atoms with Crippen molar-refractivity contribution in [2.75, 3.05) is 35.8 Å². The van der Waals surface area contributed by atoms with Crippen molar-refractivity contribution in [3.05, 3.63) is 53.1 Å². The molecule has 178 valence electrons.